The molecular weight excluding hydrogens is 834 g/mol. The summed E-state index contributed by atoms with van der Waals surface area (Å²) in [7, 11) is -0.780. The highest BCUT2D eigenvalue weighted by molar-refractivity contribution is 6.90. The molecule has 5 atom stereocenters. The lowest BCUT2D eigenvalue weighted by Gasteiger charge is -2.39. The summed E-state index contributed by atoms with van der Waals surface area (Å²) < 4.78 is 72.7. The Morgan fingerprint density at radius 2 is 1.66 bits per heavy atom. The van der Waals surface area contributed by atoms with Crippen LogP contribution in [0.5, 0.6) is 11.8 Å². The van der Waals surface area contributed by atoms with Crippen molar-refractivity contribution in [2.75, 3.05) is 33.6 Å². The minimum Gasteiger partial charge on any atom is -0.468 e. The van der Waals surface area contributed by atoms with Gasteiger partial charge in [-0.1, -0.05) is 65.7 Å². The second kappa shape index (κ2) is 17.8. The van der Waals surface area contributed by atoms with E-state index in [0.29, 0.717) is 75.6 Å². The number of hydrogen-bond acceptors (Lipinski definition) is 8. The number of carbonyl (C=O) groups excluding carboxylic acids is 1. The van der Waals surface area contributed by atoms with Crippen molar-refractivity contribution in [2.45, 2.75) is 159 Å². The van der Waals surface area contributed by atoms with Crippen LogP contribution < -0.4 is 9.47 Å². The van der Waals surface area contributed by atoms with Gasteiger partial charge in [0, 0.05) is 54.4 Å². The minimum absolute atomic E-state index is 0.0287. The van der Waals surface area contributed by atoms with Crippen molar-refractivity contribution in [1.82, 2.24) is 19.8 Å². The highest BCUT2D eigenvalue weighted by Gasteiger charge is 2.50. The molecule has 8 rings (SSSR count). The molecule has 9 nitrogen and oxygen atoms in total. The summed E-state index contributed by atoms with van der Waals surface area (Å²) in [5.74, 6) is 2.56. The summed E-state index contributed by atoms with van der Waals surface area (Å²) in [6.07, 6.45) is 3.74. The first-order valence-corrected chi connectivity index (χ1v) is 25.5. The van der Waals surface area contributed by atoms with Gasteiger partial charge in [0.15, 0.2) is 12.6 Å². The minimum atomic E-state index is -2.31. The number of fused-ring (bicyclic) bond motifs is 5. The third kappa shape index (κ3) is 8.48. The lowest BCUT2D eigenvalue weighted by atomic mass is 9.86. The fourth-order valence-corrected chi connectivity index (χ4v) is 17.2. The van der Waals surface area contributed by atoms with Crippen LogP contribution in [0.4, 0.5) is 18.0 Å². The van der Waals surface area contributed by atoms with Gasteiger partial charge in [-0.2, -0.15) is 9.97 Å². The summed E-state index contributed by atoms with van der Waals surface area (Å²) in [5, 5.41) is 1.66. The predicted molar refractivity (Wildman–Crippen MR) is 248 cm³/mol. The lowest BCUT2D eigenvalue weighted by Crippen LogP contribution is -2.48. The number of aromatic nitrogens is 2. The summed E-state index contributed by atoms with van der Waals surface area (Å²) in [6.45, 7) is 20.2. The van der Waals surface area contributed by atoms with Crippen LogP contribution in [0.3, 0.4) is 0 Å². The molecule has 4 saturated heterocycles. The van der Waals surface area contributed by atoms with Gasteiger partial charge in [0.25, 0.3) is 0 Å². The van der Waals surface area contributed by atoms with E-state index in [9.17, 15) is 9.18 Å². The number of nitrogens with zero attached hydrogens (tertiary/aromatic N) is 4. The van der Waals surface area contributed by atoms with E-state index in [2.05, 4.69) is 57.9 Å². The maximum Gasteiger partial charge on any atom is 0.410 e. The summed E-state index contributed by atoms with van der Waals surface area (Å²) in [6, 6.07) is 10.1. The molecule has 0 N–H and O–H groups in total. The van der Waals surface area contributed by atoms with E-state index < -0.39 is 37.0 Å². The van der Waals surface area contributed by atoms with Crippen LogP contribution in [0, 0.1) is 23.1 Å². The van der Waals surface area contributed by atoms with Gasteiger partial charge in [0.1, 0.15) is 43.5 Å². The van der Waals surface area contributed by atoms with Crippen LogP contribution in [0.1, 0.15) is 124 Å². The Morgan fingerprint density at radius 3 is 2.31 bits per heavy atom. The van der Waals surface area contributed by atoms with Crippen LogP contribution in [0.15, 0.2) is 36.4 Å². The van der Waals surface area contributed by atoms with Gasteiger partial charge in [-0.25, -0.2) is 18.0 Å². The van der Waals surface area contributed by atoms with Crippen LogP contribution in [-0.2, 0) is 9.47 Å². The van der Waals surface area contributed by atoms with E-state index in [1.807, 2.05) is 31.7 Å². The lowest BCUT2D eigenvalue weighted by molar-refractivity contribution is 0.00570. The second-order valence-electron chi connectivity index (χ2n) is 20.7. The predicted octanol–water partition coefficient (Wildman–Crippen LogP) is 11.9. The number of halogens is 3. The molecule has 4 fully saturated rings. The number of benzene rings is 3. The van der Waals surface area contributed by atoms with Gasteiger partial charge in [0.05, 0.1) is 16.8 Å². The van der Waals surface area contributed by atoms with E-state index in [4.69, 9.17) is 28.9 Å². The standard InChI is InChI=1S/C51H65F3N4O5Si/c1-30(2)64(31(3)4,32(5)6)21-18-40-43(53)17-12-33-24-38(62-29-60-10)25-42(44(33)40)39-15-16-41-46(34-22-36-13-14-37(23-34)58(36)49(59)63-50(7,8)9)55-48(56-47(41)45(39)54)61-28-51-19-11-20-57(51)27-35(52)26-51/h12,15-17,24-25,30-32,34-37H,11,13-14,19-20,22-23,26-29H2,1-10H3/t34?,35-,36-,37+,51+/m1/s1. The quantitative estimate of drug-likeness (QED) is 0.0836. The average Bonchev–Trinajstić information content (AvgIpc) is 3.85. The van der Waals surface area contributed by atoms with E-state index >= 15 is 8.78 Å². The normalized spacial score (nSPS) is 23.7. The highest BCUT2D eigenvalue weighted by Crippen LogP contribution is 2.47. The number of alkyl halides is 1. The Labute approximate surface area is 377 Å². The molecule has 2 bridgehead atoms. The van der Waals surface area contributed by atoms with Crippen LogP contribution in [-0.4, -0.2) is 96.9 Å². The topological polar surface area (TPSA) is 86.2 Å². The van der Waals surface area contributed by atoms with E-state index in [1.165, 1.54) is 13.2 Å². The smallest absolute Gasteiger partial charge is 0.410 e. The number of rotatable bonds is 11. The van der Waals surface area contributed by atoms with Gasteiger partial charge >= 0.3 is 12.1 Å². The van der Waals surface area contributed by atoms with E-state index in [0.717, 1.165) is 32.2 Å². The van der Waals surface area contributed by atoms with Crippen LogP contribution in [0.2, 0.25) is 16.6 Å². The van der Waals surface area contributed by atoms with Crippen LogP contribution in [0.25, 0.3) is 32.8 Å². The molecule has 0 aliphatic carbocycles. The number of hydrogen-bond donors (Lipinski definition) is 0. The van der Waals surface area contributed by atoms with Gasteiger partial charge in [-0.3, -0.25) is 4.90 Å². The molecule has 1 aromatic heterocycles. The number of piperidine rings is 1. The number of methoxy groups -OCH3 is 1. The Morgan fingerprint density at radius 1 is 0.953 bits per heavy atom. The molecule has 0 radical (unpaired) electrons. The Bertz CT molecular complexity index is 2450. The molecule has 5 heterocycles. The third-order valence-electron chi connectivity index (χ3n) is 14.7. The first-order valence-electron chi connectivity index (χ1n) is 23.3. The molecule has 4 aromatic rings. The molecule has 0 saturated carbocycles. The SMILES string of the molecule is COCOc1cc(-c2ccc3c(C4C[C@H]5CC[C@@H](C4)N5C(=O)OC(C)(C)C)nc(OC[C@@]45CCCN4C[C@H](F)C5)nc3c2F)c2c(C#C[Si](C(C)C)(C(C)C)C(C)C)c(F)ccc2c1. The molecular formula is C51H65F3N4O5Si. The number of amides is 1. The van der Waals surface area contributed by atoms with Gasteiger partial charge < -0.3 is 23.8 Å². The summed E-state index contributed by atoms with van der Waals surface area (Å²) >= 11 is 0. The van der Waals surface area contributed by atoms with Crippen molar-refractivity contribution in [1.29, 1.82) is 0 Å². The summed E-state index contributed by atoms with van der Waals surface area (Å²) in [5.41, 5.74) is 5.09. The average molecular weight is 899 g/mol. The number of carbonyl (C=O) groups is 1. The first kappa shape index (κ1) is 46.2. The molecule has 1 unspecified atom stereocenters. The molecule has 1 amide bonds. The fraction of sp³-hybridized carbons (Fsp3) is 0.588. The molecule has 0 spiro atoms. The summed E-state index contributed by atoms with van der Waals surface area (Å²) in [4.78, 5) is 27.4. The van der Waals surface area contributed by atoms with Crippen molar-refractivity contribution in [2.24, 2.45) is 0 Å². The molecule has 4 aliphatic heterocycles. The maximum absolute atomic E-state index is 18.0. The third-order valence-corrected chi connectivity index (χ3v) is 21.0. The molecule has 344 valence electrons. The highest BCUT2D eigenvalue weighted by atomic mass is 28.3. The molecule has 13 heteroatoms. The molecule has 3 aromatic carbocycles. The van der Waals surface area contributed by atoms with Gasteiger partial charge in [0.2, 0.25) is 0 Å². The Kier molecular flexibility index (Phi) is 12.8. The van der Waals surface area contributed by atoms with Crippen molar-refractivity contribution in [3.05, 3.63) is 59.3 Å². The van der Waals surface area contributed by atoms with Crippen LogP contribution >= 0.6 is 0 Å². The largest absolute Gasteiger partial charge is 0.468 e. The van der Waals surface area contributed by atoms with Crippen molar-refractivity contribution < 1.29 is 36.9 Å². The fourth-order valence-electron chi connectivity index (χ4n) is 12.0. The Hall–Kier alpha value is -4.38. The number of ether oxygens (including phenoxy) is 4. The van der Waals surface area contributed by atoms with Gasteiger partial charge in [-0.15, -0.1) is 5.54 Å². The zero-order chi connectivity index (χ0) is 45.9. The van der Waals surface area contributed by atoms with Crippen molar-refractivity contribution >= 4 is 35.8 Å². The maximum atomic E-state index is 18.0. The van der Waals surface area contributed by atoms with Crippen molar-refractivity contribution in [3.8, 4) is 34.4 Å². The molecule has 4 aliphatic rings. The Balaban J connectivity index is 1.29. The van der Waals surface area contributed by atoms with E-state index in [-0.39, 0.29) is 60.1 Å². The van der Waals surface area contributed by atoms with Gasteiger partial charge in [-0.05, 0) is 112 Å². The monoisotopic (exact) mass is 898 g/mol. The van der Waals surface area contributed by atoms with Crippen molar-refractivity contribution in [3.63, 3.8) is 0 Å². The first-order chi connectivity index (χ1) is 30.4. The zero-order valence-corrected chi connectivity index (χ0v) is 40.2. The molecule has 64 heavy (non-hydrogen) atoms. The second-order valence-corrected chi connectivity index (χ2v) is 26.3. The van der Waals surface area contributed by atoms with E-state index in [1.54, 1.807) is 24.3 Å². The zero-order valence-electron chi connectivity index (χ0n) is 39.2.